The molecule has 21 heavy (non-hydrogen) atoms. The van der Waals surface area contributed by atoms with Gasteiger partial charge in [-0.15, -0.1) is 0 Å². The Morgan fingerprint density at radius 2 is 1.86 bits per heavy atom. The van der Waals surface area contributed by atoms with Gasteiger partial charge in [0.15, 0.2) is 5.82 Å². The monoisotopic (exact) mass is 311 g/mol. The Labute approximate surface area is 119 Å². The van der Waals surface area contributed by atoms with Crippen molar-refractivity contribution in [3.8, 4) is 0 Å². The summed E-state index contributed by atoms with van der Waals surface area (Å²) in [6, 6.07) is 8.28. The number of hydrogen-bond donors (Lipinski definition) is 2. The van der Waals surface area contributed by atoms with Crippen molar-refractivity contribution in [2.24, 2.45) is 0 Å². The molecule has 0 amide bonds. The first-order valence-electron chi connectivity index (χ1n) is 5.62. The molecule has 0 unspecified atom stereocenters. The predicted octanol–water partition coefficient (Wildman–Crippen LogP) is 2.12. The topological polar surface area (TPSA) is 115 Å². The molecule has 9 heteroatoms. The summed E-state index contributed by atoms with van der Waals surface area (Å²) in [6.45, 7) is 0. The molecule has 2 aromatic rings. The molecule has 0 aliphatic heterocycles. The number of benzene rings is 2. The zero-order valence-electron chi connectivity index (χ0n) is 10.5. The number of nitro benzene ring substituents is 1. The predicted molar refractivity (Wildman–Crippen MR) is 74.7 cm³/mol. The number of nitrogens with zero attached hydrogens (tertiary/aromatic N) is 1. The SMILES string of the molecule is Nc1ccccc1S(=O)(=O)Nc1ccc([N+](=O)[O-])cc1F. The number of hydrogen-bond acceptors (Lipinski definition) is 5. The van der Waals surface area contributed by atoms with E-state index >= 15 is 0 Å². The quantitative estimate of drug-likeness (QED) is 0.510. The lowest BCUT2D eigenvalue weighted by Gasteiger charge is -2.10. The van der Waals surface area contributed by atoms with E-state index in [1.165, 1.54) is 18.2 Å². The molecule has 0 spiro atoms. The Bertz CT molecular complexity index is 808. The molecule has 0 saturated carbocycles. The fraction of sp³-hybridized carbons (Fsp3) is 0. The van der Waals surface area contributed by atoms with Crippen molar-refractivity contribution < 1.29 is 17.7 Å². The van der Waals surface area contributed by atoms with E-state index in [0.717, 1.165) is 12.1 Å². The van der Waals surface area contributed by atoms with Crippen molar-refractivity contribution in [2.75, 3.05) is 10.5 Å². The summed E-state index contributed by atoms with van der Waals surface area (Å²) in [7, 11) is -4.08. The second-order valence-corrected chi connectivity index (χ2v) is 5.72. The normalized spacial score (nSPS) is 11.1. The van der Waals surface area contributed by atoms with Crippen LogP contribution in [0, 0.1) is 15.9 Å². The fourth-order valence-electron chi connectivity index (χ4n) is 1.63. The van der Waals surface area contributed by atoms with E-state index in [0.29, 0.717) is 6.07 Å². The highest BCUT2D eigenvalue weighted by atomic mass is 32.2. The van der Waals surface area contributed by atoms with Crippen molar-refractivity contribution in [3.63, 3.8) is 0 Å². The number of sulfonamides is 1. The maximum absolute atomic E-state index is 13.7. The molecule has 0 aliphatic rings. The number of nitrogens with one attached hydrogen (secondary N) is 1. The van der Waals surface area contributed by atoms with E-state index in [1.54, 1.807) is 6.07 Å². The minimum absolute atomic E-state index is 0.00678. The second kappa shape index (κ2) is 5.37. The number of halogens is 1. The number of non-ortho nitro benzene ring substituents is 1. The van der Waals surface area contributed by atoms with Crippen LogP contribution in [-0.2, 0) is 10.0 Å². The molecule has 0 bridgehead atoms. The zero-order valence-corrected chi connectivity index (χ0v) is 11.3. The molecule has 3 N–H and O–H groups in total. The number of anilines is 2. The van der Waals surface area contributed by atoms with Crippen molar-refractivity contribution in [3.05, 3.63) is 58.4 Å². The van der Waals surface area contributed by atoms with Crippen molar-refractivity contribution >= 4 is 27.1 Å². The molecule has 2 rings (SSSR count). The van der Waals surface area contributed by atoms with Crippen LogP contribution in [0.2, 0.25) is 0 Å². The Kier molecular flexibility index (Phi) is 3.76. The van der Waals surface area contributed by atoms with Gasteiger partial charge in [0.1, 0.15) is 4.90 Å². The van der Waals surface area contributed by atoms with E-state index in [-0.39, 0.29) is 10.6 Å². The van der Waals surface area contributed by atoms with Crippen LogP contribution in [0.1, 0.15) is 0 Å². The molecule has 0 atom stereocenters. The molecule has 0 aromatic heterocycles. The summed E-state index contributed by atoms with van der Waals surface area (Å²) in [6.07, 6.45) is 0. The smallest absolute Gasteiger partial charge is 0.272 e. The summed E-state index contributed by atoms with van der Waals surface area (Å²) < 4.78 is 39.9. The molecule has 0 aliphatic carbocycles. The second-order valence-electron chi connectivity index (χ2n) is 4.06. The standard InChI is InChI=1S/C12H10FN3O4S/c13-9-7-8(16(17)18)5-6-11(9)15-21(19,20)12-4-2-1-3-10(12)14/h1-7,15H,14H2. The van der Waals surface area contributed by atoms with E-state index < -0.39 is 32.1 Å². The Hall–Kier alpha value is -2.68. The van der Waals surface area contributed by atoms with Crippen LogP contribution in [-0.4, -0.2) is 13.3 Å². The Balaban J connectivity index is 2.38. The first kappa shape index (κ1) is 14.7. The van der Waals surface area contributed by atoms with Crippen LogP contribution in [0.5, 0.6) is 0 Å². The lowest BCUT2D eigenvalue weighted by molar-refractivity contribution is -0.385. The van der Waals surface area contributed by atoms with Crippen LogP contribution < -0.4 is 10.5 Å². The van der Waals surface area contributed by atoms with Crippen molar-refractivity contribution in [1.29, 1.82) is 0 Å². The molecular weight excluding hydrogens is 301 g/mol. The number of nitrogens with two attached hydrogens (primary N) is 1. The first-order valence-corrected chi connectivity index (χ1v) is 7.11. The molecule has 7 nitrogen and oxygen atoms in total. The zero-order chi connectivity index (χ0) is 15.6. The van der Waals surface area contributed by atoms with Gasteiger partial charge in [-0.3, -0.25) is 14.8 Å². The number of nitro groups is 1. The third-order valence-corrected chi connectivity index (χ3v) is 4.06. The van der Waals surface area contributed by atoms with E-state index in [9.17, 15) is 22.9 Å². The highest BCUT2D eigenvalue weighted by Gasteiger charge is 2.20. The van der Waals surface area contributed by atoms with E-state index in [2.05, 4.69) is 0 Å². The Morgan fingerprint density at radius 1 is 1.19 bits per heavy atom. The molecule has 0 saturated heterocycles. The summed E-state index contributed by atoms with van der Waals surface area (Å²) in [5, 5.41) is 10.5. The first-order chi connectivity index (χ1) is 9.81. The molecule has 0 radical (unpaired) electrons. The molecule has 110 valence electrons. The van der Waals surface area contributed by atoms with Gasteiger partial charge in [-0.1, -0.05) is 12.1 Å². The van der Waals surface area contributed by atoms with Crippen LogP contribution in [0.3, 0.4) is 0 Å². The number of rotatable bonds is 4. The van der Waals surface area contributed by atoms with Gasteiger partial charge in [0.25, 0.3) is 15.7 Å². The van der Waals surface area contributed by atoms with E-state index in [1.807, 2.05) is 4.72 Å². The summed E-state index contributed by atoms with van der Waals surface area (Å²) >= 11 is 0. The third-order valence-electron chi connectivity index (χ3n) is 2.62. The number of nitrogen functional groups attached to an aromatic ring is 1. The largest absolute Gasteiger partial charge is 0.398 e. The number of para-hydroxylation sites is 1. The highest BCUT2D eigenvalue weighted by Crippen LogP contribution is 2.25. The minimum atomic E-state index is -4.08. The van der Waals surface area contributed by atoms with E-state index in [4.69, 9.17) is 5.73 Å². The molecule has 2 aromatic carbocycles. The average Bonchev–Trinajstić information content (AvgIpc) is 2.41. The van der Waals surface area contributed by atoms with Crippen LogP contribution in [0.25, 0.3) is 0 Å². The van der Waals surface area contributed by atoms with Gasteiger partial charge >= 0.3 is 0 Å². The minimum Gasteiger partial charge on any atom is -0.398 e. The van der Waals surface area contributed by atoms with Crippen LogP contribution in [0.15, 0.2) is 47.4 Å². The Morgan fingerprint density at radius 3 is 2.43 bits per heavy atom. The lowest BCUT2D eigenvalue weighted by atomic mass is 10.3. The van der Waals surface area contributed by atoms with Gasteiger partial charge in [0.05, 0.1) is 22.4 Å². The summed E-state index contributed by atoms with van der Waals surface area (Å²) in [5.74, 6) is -1.05. The van der Waals surface area contributed by atoms with Gasteiger partial charge in [-0.25, -0.2) is 12.8 Å². The van der Waals surface area contributed by atoms with Gasteiger partial charge in [0.2, 0.25) is 0 Å². The van der Waals surface area contributed by atoms with Crippen molar-refractivity contribution in [1.82, 2.24) is 0 Å². The van der Waals surface area contributed by atoms with Crippen LogP contribution >= 0.6 is 0 Å². The molecule has 0 heterocycles. The van der Waals surface area contributed by atoms with Gasteiger partial charge in [-0.2, -0.15) is 0 Å². The summed E-state index contributed by atoms with van der Waals surface area (Å²) in [5.41, 5.74) is 4.69. The van der Waals surface area contributed by atoms with Gasteiger partial charge in [0, 0.05) is 6.07 Å². The molecular formula is C12H10FN3O4S. The average molecular weight is 311 g/mol. The van der Waals surface area contributed by atoms with Gasteiger partial charge < -0.3 is 5.73 Å². The summed E-state index contributed by atoms with van der Waals surface area (Å²) in [4.78, 5) is 9.51. The fourth-order valence-corrected chi connectivity index (χ4v) is 2.83. The maximum atomic E-state index is 13.7. The maximum Gasteiger partial charge on any atom is 0.272 e. The third kappa shape index (κ3) is 3.08. The lowest BCUT2D eigenvalue weighted by Crippen LogP contribution is -2.15. The van der Waals surface area contributed by atoms with Gasteiger partial charge in [-0.05, 0) is 18.2 Å². The highest BCUT2D eigenvalue weighted by molar-refractivity contribution is 7.92. The van der Waals surface area contributed by atoms with Crippen LogP contribution in [0.4, 0.5) is 21.5 Å². The molecule has 0 fully saturated rings. The van der Waals surface area contributed by atoms with Crippen molar-refractivity contribution in [2.45, 2.75) is 4.90 Å².